The van der Waals surface area contributed by atoms with Crippen molar-refractivity contribution in [2.24, 2.45) is 0 Å². The summed E-state index contributed by atoms with van der Waals surface area (Å²) in [4.78, 5) is 10.5. The number of hydrogen-bond acceptors (Lipinski definition) is 3. The minimum atomic E-state index is -1.06. The fourth-order valence-corrected chi connectivity index (χ4v) is 1.51. The Morgan fingerprint density at radius 2 is 2.39 bits per heavy atom. The summed E-state index contributed by atoms with van der Waals surface area (Å²) in [5.41, 5.74) is 0.526. The molecule has 1 unspecified atom stereocenters. The Morgan fingerprint density at radius 1 is 1.67 bits per heavy atom. The lowest BCUT2D eigenvalue weighted by Crippen LogP contribution is -2.13. The van der Waals surface area contributed by atoms with Crippen molar-refractivity contribution in [3.05, 3.63) is 34.9 Å². The number of nitriles is 1. The lowest BCUT2D eigenvalue weighted by Gasteiger charge is -2.14. The normalized spacial score (nSPS) is 12.1. The van der Waals surface area contributed by atoms with Crippen molar-refractivity contribution in [3.8, 4) is 11.8 Å². The van der Waals surface area contributed by atoms with E-state index in [1.807, 2.05) is 13.0 Å². The zero-order chi connectivity index (χ0) is 13.5. The van der Waals surface area contributed by atoms with E-state index >= 15 is 0 Å². The molecule has 1 aromatic carbocycles. The predicted molar refractivity (Wildman–Crippen MR) is 68.4 cm³/mol. The van der Waals surface area contributed by atoms with E-state index in [4.69, 9.17) is 26.7 Å². The first kappa shape index (κ1) is 14.1. The van der Waals surface area contributed by atoms with Crippen LogP contribution in [0.1, 0.15) is 18.9 Å². The summed E-state index contributed by atoms with van der Waals surface area (Å²) in [7, 11) is 0. The molecule has 5 heteroatoms. The van der Waals surface area contributed by atoms with Crippen molar-refractivity contribution in [1.29, 1.82) is 5.26 Å². The van der Waals surface area contributed by atoms with Crippen LogP contribution in [0, 0.1) is 11.3 Å². The smallest absolute Gasteiger partial charge is 0.328 e. The monoisotopic (exact) mass is 265 g/mol. The van der Waals surface area contributed by atoms with Crippen LogP contribution >= 0.6 is 11.6 Å². The summed E-state index contributed by atoms with van der Waals surface area (Å²) in [6.07, 6.45) is 2.28. The van der Waals surface area contributed by atoms with Gasteiger partial charge in [0.25, 0.3) is 0 Å². The van der Waals surface area contributed by atoms with Gasteiger partial charge < -0.3 is 9.84 Å². The van der Waals surface area contributed by atoms with Crippen LogP contribution in [-0.4, -0.2) is 17.2 Å². The quantitative estimate of drug-likeness (QED) is 0.831. The third kappa shape index (κ3) is 3.79. The highest BCUT2D eigenvalue weighted by Gasteiger charge is 2.12. The number of benzene rings is 1. The van der Waals surface area contributed by atoms with Gasteiger partial charge >= 0.3 is 5.97 Å². The summed E-state index contributed by atoms with van der Waals surface area (Å²) in [5, 5.41) is 17.8. The number of nitrogens with zero attached hydrogens (tertiary/aromatic N) is 1. The number of rotatable bonds is 5. The van der Waals surface area contributed by atoms with Gasteiger partial charge in [-0.15, -0.1) is 0 Å². The van der Waals surface area contributed by atoms with Crippen LogP contribution in [0.3, 0.4) is 0 Å². The van der Waals surface area contributed by atoms with Crippen LogP contribution in [0.5, 0.6) is 5.75 Å². The lowest BCUT2D eigenvalue weighted by atomic mass is 10.2. The zero-order valence-corrected chi connectivity index (χ0v) is 10.5. The molecule has 0 aliphatic carbocycles. The predicted octanol–water partition coefficient (Wildman–Crippen LogP) is 3.12. The Balaban J connectivity index is 3.08. The summed E-state index contributed by atoms with van der Waals surface area (Å²) in [5.74, 6) is -0.738. The molecular formula is C13H12ClNO3. The molecule has 0 aromatic heterocycles. The molecule has 0 bridgehead atoms. The highest BCUT2D eigenvalue weighted by atomic mass is 35.5. The fraction of sp³-hybridized carbons (Fsp3) is 0.231. The SMILES string of the molecule is CCC(C#N)Oc1c(Cl)cccc1/C=C/C(=O)O. The maximum absolute atomic E-state index is 10.5. The molecule has 4 nitrogen and oxygen atoms in total. The van der Waals surface area contributed by atoms with E-state index in [9.17, 15) is 4.79 Å². The van der Waals surface area contributed by atoms with Crippen molar-refractivity contribution in [3.63, 3.8) is 0 Å². The molecule has 0 radical (unpaired) electrons. The fourth-order valence-electron chi connectivity index (χ4n) is 1.29. The van der Waals surface area contributed by atoms with Gasteiger partial charge in [0.1, 0.15) is 11.8 Å². The molecule has 1 rings (SSSR count). The van der Waals surface area contributed by atoms with Gasteiger partial charge in [-0.1, -0.05) is 30.7 Å². The highest BCUT2D eigenvalue weighted by Crippen LogP contribution is 2.30. The van der Waals surface area contributed by atoms with Crippen molar-refractivity contribution in [2.75, 3.05) is 0 Å². The van der Waals surface area contributed by atoms with Gasteiger partial charge in [0.2, 0.25) is 0 Å². The van der Waals surface area contributed by atoms with Gasteiger partial charge in [-0.3, -0.25) is 0 Å². The topological polar surface area (TPSA) is 70.3 Å². The second-order valence-corrected chi connectivity index (χ2v) is 3.88. The molecule has 0 spiro atoms. The summed E-state index contributed by atoms with van der Waals surface area (Å²) in [6, 6.07) is 6.98. The molecule has 1 N–H and O–H groups in total. The number of ether oxygens (including phenoxy) is 1. The minimum Gasteiger partial charge on any atom is -0.478 e. The van der Waals surface area contributed by atoms with Crippen LogP contribution in [-0.2, 0) is 4.79 Å². The van der Waals surface area contributed by atoms with Gasteiger partial charge in [-0.2, -0.15) is 5.26 Å². The van der Waals surface area contributed by atoms with E-state index in [0.717, 1.165) is 6.08 Å². The third-order valence-corrected chi connectivity index (χ3v) is 2.48. The van der Waals surface area contributed by atoms with Crippen LogP contribution in [0.4, 0.5) is 0 Å². The summed E-state index contributed by atoms with van der Waals surface area (Å²) < 4.78 is 5.47. The second kappa shape index (κ2) is 6.67. The number of hydrogen-bond donors (Lipinski definition) is 1. The summed E-state index contributed by atoms with van der Waals surface area (Å²) in [6.45, 7) is 1.82. The molecule has 0 fully saturated rings. The highest BCUT2D eigenvalue weighted by molar-refractivity contribution is 6.32. The first-order valence-corrected chi connectivity index (χ1v) is 5.72. The maximum Gasteiger partial charge on any atom is 0.328 e. The molecular weight excluding hydrogens is 254 g/mol. The number of carbonyl (C=O) groups is 1. The lowest BCUT2D eigenvalue weighted by molar-refractivity contribution is -0.131. The Hall–Kier alpha value is -1.99. The molecule has 0 aliphatic rings. The average molecular weight is 266 g/mol. The van der Waals surface area contributed by atoms with Gasteiger partial charge in [0.15, 0.2) is 6.10 Å². The number of halogens is 1. The average Bonchev–Trinajstić information content (AvgIpc) is 2.35. The molecule has 94 valence electrons. The maximum atomic E-state index is 10.5. The van der Waals surface area contributed by atoms with E-state index in [2.05, 4.69) is 0 Å². The first-order valence-electron chi connectivity index (χ1n) is 5.34. The summed E-state index contributed by atoms with van der Waals surface area (Å²) >= 11 is 5.99. The van der Waals surface area contributed by atoms with E-state index in [1.165, 1.54) is 6.08 Å². The first-order chi connectivity index (χ1) is 8.58. The van der Waals surface area contributed by atoms with Crippen LogP contribution in [0.2, 0.25) is 5.02 Å². The largest absolute Gasteiger partial charge is 0.478 e. The van der Waals surface area contributed by atoms with Gasteiger partial charge in [-0.25, -0.2) is 4.79 Å². The van der Waals surface area contributed by atoms with Crippen molar-refractivity contribution < 1.29 is 14.6 Å². The Labute approximate surface area is 110 Å². The Morgan fingerprint density at radius 3 is 2.94 bits per heavy atom. The van der Waals surface area contributed by atoms with Crippen molar-refractivity contribution >= 4 is 23.6 Å². The second-order valence-electron chi connectivity index (χ2n) is 3.47. The number of aliphatic carboxylic acids is 1. The molecule has 1 atom stereocenters. The number of carboxylic acid groups (broad SMARTS) is 1. The van der Waals surface area contributed by atoms with Gasteiger partial charge in [-0.05, 0) is 18.6 Å². The van der Waals surface area contributed by atoms with E-state index in [0.29, 0.717) is 22.8 Å². The van der Waals surface area contributed by atoms with Crippen molar-refractivity contribution in [1.82, 2.24) is 0 Å². The molecule has 0 saturated carbocycles. The van der Waals surface area contributed by atoms with Crippen molar-refractivity contribution in [2.45, 2.75) is 19.4 Å². The Bertz CT molecular complexity index is 505. The van der Waals surface area contributed by atoms with Crippen LogP contribution in [0.15, 0.2) is 24.3 Å². The number of para-hydroxylation sites is 1. The Kier molecular flexibility index (Phi) is 5.22. The van der Waals surface area contributed by atoms with Crippen LogP contribution < -0.4 is 4.74 Å². The van der Waals surface area contributed by atoms with Crippen LogP contribution in [0.25, 0.3) is 6.08 Å². The molecule has 0 heterocycles. The minimum absolute atomic E-state index is 0.324. The third-order valence-electron chi connectivity index (χ3n) is 2.18. The molecule has 0 saturated heterocycles. The molecule has 0 amide bonds. The van der Waals surface area contributed by atoms with Gasteiger partial charge in [0.05, 0.1) is 5.02 Å². The molecule has 0 aliphatic heterocycles. The van der Waals surface area contributed by atoms with E-state index in [1.54, 1.807) is 18.2 Å². The van der Waals surface area contributed by atoms with E-state index in [-0.39, 0.29) is 0 Å². The molecule has 18 heavy (non-hydrogen) atoms. The van der Waals surface area contributed by atoms with E-state index < -0.39 is 12.1 Å². The van der Waals surface area contributed by atoms with Gasteiger partial charge in [0, 0.05) is 11.6 Å². The standard InChI is InChI=1S/C13H12ClNO3/c1-2-10(8-15)18-13-9(6-7-12(16)17)4-3-5-11(13)14/h3-7,10H,2H2,1H3,(H,16,17)/b7-6+. The zero-order valence-electron chi connectivity index (χ0n) is 9.76. The molecule has 1 aromatic rings. The number of carboxylic acids is 1.